The Balaban J connectivity index is 4.94. The second kappa shape index (κ2) is 6.92. The summed E-state index contributed by atoms with van der Waals surface area (Å²) >= 11 is 0. The molecule has 80 valence electrons. The summed E-state index contributed by atoms with van der Waals surface area (Å²) in [7, 11) is 2.26. The quantitative estimate of drug-likeness (QED) is 0.458. The molecular formula is C13H25B. The third-order valence-electron chi connectivity index (χ3n) is 3.24. The van der Waals surface area contributed by atoms with Crippen molar-refractivity contribution in [1.82, 2.24) is 0 Å². The SMILES string of the molecule is BC(=C(\C)CC)/C(C)=C(\CC)CCC. The molecule has 0 aromatic carbocycles. The van der Waals surface area contributed by atoms with E-state index in [2.05, 4.69) is 42.5 Å². The lowest BCUT2D eigenvalue weighted by Gasteiger charge is -2.13. The van der Waals surface area contributed by atoms with Crippen molar-refractivity contribution in [3.8, 4) is 0 Å². The van der Waals surface area contributed by atoms with Gasteiger partial charge in [0.05, 0.1) is 0 Å². The van der Waals surface area contributed by atoms with Gasteiger partial charge in [-0.05, 0) is 33.1 Å². The van der Waals surface area contributed by atoms with Crippen LogP contribution in [0.3, 0.4) is 0 Å². The fourth-order valence-corrected chi connectivity index (χ4v) is 1.78. The first kappa shape index (κ1) is 13.5. The molecule has 0 aromatic rings. The maximum Gasteiger partial charge on any atom is 0.139 e. The van der Waals surface area contributed by atoms with Crippen LogP contribution in [-0.4, -0.2) is 7.85 Å². The van der Waals surface area contributed by atoms with E-state index in [0.29, 0.717) is 0 Å². The van der Waals surface area contributed by atoms with Crippen LogP contribution in [0.2, 0.25) is 0 Å². The summed E-state index contributed by atoms with van der Waals surface area (Å²) in [5.74, 6) is 0. The van der Waals surface area contributed by atoms with Crippen LogP contribution in [-0.2, 0) is 0 Å². The summed E-state index contributed by atoms with van der Waals surface area (Å²) in [6.45, 7) is 11.3. The Morgan fingerprint density at radius 2 is 1.57 bits per heavy atom. The zero-order chi connectivity index (χ0) is 11.1. The Labute approximate surface area is 90.9 Å². The van der Waals surface area contributed by atoms with E-state index in [9.17, 15) is 0 Å². The van der Waals surface area contributed by atoms with Gasteiger partial charge in [-0.2, -0.15) is 0 Å². The zero-order valence-corrected chi connectivity index (χ0v) is 10.8. The van der Waals surface area contributed by atoms with Crippen molar-refractivity contribution in [2.75, 3.05) is 0 Å². The maximum absolute atomic E-state index is 2.28. The summed E-state index contributed by atoms with van der Waals surface area (Å²) in [6.07, 6.45) is 4.90. The number of hydrogen-bond donors (Lipinski definition) is 0. The lowest BCUT2D eigenvalue weighted by atomic mass is 9.81. The fourth-order valence-electron chi connectivity index (χ4n) is 1.78. The van der Waals surface area contributed by atoms with Gasteiger partial charge in [0.25, 0.3) is 0 Å². The highest BCUT2D eigenvalue weighted by Gasteiger charge is 2.03. The second-order valence-corrected chi connectivity index (χ2v) is 4.09. The van der Waals surface area contributed by atoms with Gasteiger partial charge in [0, 0.05) is 0 Å². The van der Waals surface area contributed by atoms with Crippen molar-refractivity contribution < 1.29 is 0 Å². The molecule has 1 heteroatoms. The summed E-state index contributed by atoms with van der Waals surface area (Å²) in [5.41, 5.74) is 6.22. The van der Waals surface area contributed by atoms with E-state index in [1.807, 2.05) is 0 Å². The lowest BCUT2D eigenvalue weighted by molar-refractivity contribution is 0.845. The molecule has 14 heavy (non-hydrogen) atoms. The lowest BCUT2D eigenvalue weighted by Crippen LogP contribution is -1.95. The summed E-state index contributed by atoms with van der Waals surface area (Å²) in [5, 5.41) is 0. The highest BCUT2D eigenvalue weighted by molar-refractivity contribution is 6.24. The van der Waals surface area contributed by atoms with Gasteiger partial charge in [0.2, 0.25) is 0 Å². The van der Waals surface area contributed by atoms with Crippen LogP contribution in [0.25, 0.3) is 0 Å². The number of hydrogen-bond acceptors (Lipinski definition) is 0. The van der Waals surface area contributed by atoms with Crippen molar-refractivity contribution in [2.24, 2.45) is 0 Å². The molecule has 0 radical (unpaired) electrons. The Morgan fingerprint density at radius 1 is 1.00 bits per heavy atom. The first-order chi connectivity index (χ1) is 6.58. The molecule has 0 unspecified atom stereocenters. The van der Waals surface area contributed by atoms with Crippen molar-refractivity contribution in [1.29, 1.82) is 0 Å². The first-order valence-electron chi connectivity index (χ1n) is 5.93. The summed E-state index contributed by atoms with van der Waals surface area (Å²) in [6, 6.07) is 0. The van der Waals surface area contributed by atoms with E-state index in [4.69, 9.17) is 0 Å². The van der Waals surface area contributed by atoms with Gasteiger partial charge in [-0.1, -0.05) is 49.4 Å². The van der Waals surface area contributed by atoms with Gasteiger partial charge in [-0.25, -0.2) is 0 Å². The smallest absolute Gasteiger partial charge is 0.0872 e. The summed E-state index contributed by atoms with van der Waals surface area (Å²) < 4.78 is 0. The van der Waals surface area contributed by atoms with Crippen molar-refractivity contribution in [3.63, 3.8) is 0 Å². The van der Waals surface area contributed by atoms with Crippen molar-refractivity contribution in [3.05, 3.63) is 22.2 Å². The third kappa shape index (κ3) is 3.73. The van der Waals surface area contributed by atoms with E-state index in [0.717, 1.165) is 0 Å². The Morgan fingerprint density at radius 3 is 1.93 bits per heavy atom. The molecular weight excluding hydrogens is 167 g/mol. The van der Waals surface area contributed by atoms with Gasteiger partial charge in [-0.15, -0.1) is 0 Å². The van der Waals surface area contributed by atoms with Crippen LogP contribution >= 0.6 is 0 Å². The predicted molar refractivity (Wildman–Crippen MR) is 69.4 cm³/mol. The summed E-state index contributed by atoms with van der Waals surface area (Å²) in [4.78, 5) is 0. The molecule has 0 spiro atoms. The largest absolute Gasteiger partial charge is 0.139 e. The minimum Gasteiger partial charge on any atom is -0.0872 e. The van der Waals surface area contributed by atoms with Crippen LogP contribution in [0.4, 0.5) is 0 Å². The average Bonchev–Trinajstić information content (AvgIpc) is 2.22. The third-order valence-corrected chi connectivity index (χ3v) is 3.24. The van der Waals surface area contributed by atoms with Gasteiger partial charge in [0.15, 0.2) is 0 Å². The van der Waals surface area contributed by atoms with Crippen LogP contribution < -0.4 is 0 Å². The molecule has 0 aliphatic rings. The molecule has 0 aliphatic heterocycles. The molecule has 0 bridgehead atoms. The van der Waals surface area contributed by atoms with E-state index < -0.39 is 0 Å². The predicted octanol–water partition coefficient (Wildman–Crippen LogP) is 3.83. The number of rotatable bonds is 5. The van der Waals surface area contributed by atoms with Gasteiger partial charge < -0.3 is 0 Å². The standard InChI is InChI=1S/C13H25B/c1-6-9-12(8-3)11(5)13(14)10(4)7-2/h6-9,14H2,1-5H3/b12-11+,13-10+. The Hall–Kier alpha value is -0.455. The number of allylic oxidation sites excluding steroid dienone is 4. The minimum absolute atomic E-state index is 1.17. The monoisotopic (exact) mass is 192 g/mol. The minimum atomic E-state index is 1.17. The Bertz CT molecular complexity index is 234. The second-order valence-electron chi connectivity index (χ2n) is 4.09. The molecule has 0 atom stereocenters. The van der Waals surface area contributed by atoms with Gasteiger partial charge in [0.1, 0.15) is 7.85 Å². The molecule has 0 nitrogen and oxygen atoms in total. The molecule has 0 fully saturated rings. The highest BCUT2D eigenvalue weighted by Crippen LogP contribution is 2.22. The van der Waals surface area contributed by atoms with Crippen LogP contribution in [0, 0.1) is 0 Å². The van der Waals surface area contributed by atoms with Crippen LogP contribution in [0.1, 0.15) is 60.3 Å². The van der Waals surface area contributed by atoms with Gasteiger partial charge in [-0.3, -0.25) is 0 Å². The molecule has 0 rings (SSSR count). The normalized spacial score (nSPS) is 14.9. The molecule has 0 aliphatic carbocycles. The molecule has 0 saturated carbocycles. The van der Waals surface area contributed by atoms with E-state index in [1.54, 1.807) is 5.57 Å². The van der Waals surface area contributed by atoms with E-state index in [-0.39, 0.29) is 0 Å². The topological polar surface area (TPSA) is 0 Å². The molecule has 0 N–H and O–H groups in total. The molecule has 0 amide bonds. The van der Waals surface area contributed by atoms with Gasteiger partial charge >= 0.3 is 0 Å². The highest BCUT2D eigenvalue weighted by atomic mass is 14.1. The van der Waals surface area contributed by atoms with Crippen molar-refractivity contribution >= 4 is 7.85 Å². The van der Waals surface area contributed by atoms with Crippen LogP contribution in [0.15, 0.2) is 22.2 Å². The average molecular weight is 192 g/mol. The van der Waals surface area contributed by atoms with Crippen molar-refractivity contribution in [2.45, 2.75) is 60.3 Å². The molecule has 0 heterocycles. The van der Waals surface area contributed by atoms with Crippen LogP contribution in [0.5, 0.6) is 0 Å². The maximum atomic E-state index is 2.28. The molecule has 0 saturated heterocycles. The zero-order valence-electron chi connectivity index (χ0n) is 10.8. The molecule has 0 aromatic heterocycles. The van der Waals surface area contributed by atoms with E-state index in [1.165, 1.54) is 42.3 Å². The van der Waals surface area contributed by atoms with E-state index >= 15 is 0 Å². The Kier molecular flexibility index (Phi) is 6.69. The fraction of sp³-hybridized carbons (Fsp3) is 0.692. The first-order valence-corrected chi connectivity index (χ1v) is 5.93.